The van der Waals surface area contributed by atoms with Gasteiger partial charge in [-0.15, -0.1) is 0 Å². The molecule has 3 nitrogen and oxygen atoms in total. The first-order chi connectivity index (χ1) is 9.28. The topological polar surface area (TPSA) is 41.1 Å². The Kier molecular flexibility index (Phi) is 4.04. The molecule has 1 unspecified atom stereocenters. The molecule has 0 aliphatic carbocycles. The van der Waals surface area contributed by atoms with Crippen LogP contribution in [0.3, 0.4) is 0 Å². The molecular formula is C14H17F3N2O. The number of carbonyl (C=O) groups excluding carboxylic acids is 1. The number of carbonyl (C=O) groups is 1. The Morgan fingerprint density at radius 1 is 1.45 bits per heavy atom. The Morgan fingerprint density at radius 3 is 2.70 bits per heavy atom. The van der Waals surface area contributed by atoms with Gasteiger partial charge in [0.15, 0.2) is 0 Å². The average Bonchev–Trinajstić information content (AvgIpc) is 2.68. The highest BCUT2D eigenvalue weighted by Crippen LogP contribution is 2.35. The van der Waals surface area contributed by atoms with Crippen LogP contribution in [0.5, 0.6) is 0 Å². The smallest absolute Gasteiger partial charge is 0.262 e. The molecule has 1 saturated heterocycles. The fourth-order valence-electron chi connectivity index (χ4n) is 2.30. The van der Waals surface area contributed by atoms with Crippen LogP contribution in [0.15, 0.2) is 18.2 Å². The predicted octanol–water partition coefficient (Wildman–Crippen LogP) is 2.63. The Morgan fingerprint density at radius 2 is 2.15 bits per heavy atom. The van der Waals surface area contributed by atoms with Gasteiger partial charge in [0.25, 0.3) is 11.8 Å². The normalized spacial score (nSPS) is 21.2. The van der Waals surface area contributed by atoms with E-state index < -0.39 is 30.7 Å². The predicted molar refractivity (Wildman–Crippen MR) is 69.3 cm³/mol. The van der Waals surface area contributed by atoms with Crippen molar-refractivity contribution in [1.82, 2.24) is 10.6 Å². The highest BCUT2D eigenvalue weighted by atomic mass is 19.3. The third kappa shape index (κ3) is 3.30. The fourth-order valence-corrected chi connectivity index (χ4v) is 2.30. The van der Waals surface area contributed by atoms with E-state index in [1.165, 1.54) is 6.07 Å². The molecule has 0 radical (unpaired) electrons. The van der Waals surface area contributed by atoms with E-state index in [0.29, 0.717) is 0 Å². The summed E-state index contributed by atoms with van der Waals surface area (Å²) in [6.07, 6.45) is -0.432. The summed E-state index contributed by atoms with van der Waals surface area (Å²) in [6.45, 7) is 3.13. The minimum atomic E-state index is -2.83. The molecule has 110 valence electrons. The Labute approximate surface area is 115 Å². The summed E-state index contributed by atoms with van der Waals surface area (Å²) >= 11 is 0. The number of rotatable bonds is 3. The van der Waals surface area contributed by atoms with E-state index in [9.17, 15) is 18.0 Å². The van der Waals surface area contributed by atoms with Gasteiger partial charge in [0.1, 0.15) is 5.82 Å². The second-order valence-corrected chi connectivity index (χ2v) is 5.35. The number of benzene rings is 1. The van der Waals surface area contributed by atoms with Crippen molar-refractivity contribution in [3.63, 3.8) is 0 Å². The van der Waals surface area contributed by atoms with E-state index in [4.69, 9.17) is 0 Å². The van der Waals surface area contributed by atoms with E-state index in [1.807, 2.05) is 0 Å². The first-order valence-electron chi connectivity index (χ1n) is 6.50. The lowest BCUT2D eigenvalue weighted by atomic mass is 9.97. The SMILES string of the molecule is CC(C)NC(=O)c1ccc(F)cc1C1CC(F)(F)CN1. The quantitative estimate of drug-likeness (QED) is 0.897. The Bertz CT molecular complexity index is 517. The highest BCUT2D eigenvalue weighted by Gasteiger charge is 2.41. The molecule has 2 rings (SSSR count). The zero-order chi connectivity index (χ0) is 14.9. The summed E-state index contributed by atoms with van der Waals surface area (Å²) in [5, 5.41) is 5.33. The van der Waals surface area contributed by atoms with Crippen molar-refractivity contribution in [2.24, 2.45) is 0 Å². The van der Waals surface area contributed by atoms with Gasteiger partial charge in [0.05, 0.1) is 6.54 Å². The second kappa shape index (κ2) is 5.44. The van der Waals surface area contributed by atoms with Crippen LogP contribution >= 0.6 is 0 Å². The van der Waals surface area contributed by atoms with Crippen LogP contribution in [0.4, 0.5) is 13.2 Å². The van der Waals surface area contributed by atoms with Crippen molar-refractivity contribution >= 4 is 5.91 Å². The van der Waals surface area contributed by atoms with Gasteiger partial charge in [-0.1, -0.05) is 0 Å². The highest BCUT2D eigenvalue weighted by molar-refractivity contribution is 5.96. The van der Waals surface area contributed by atoms with Crippen LogP contribution in [0, 0.1) is 5.82 Å². The van der Waals surface area contributed by atoms with E-state index in [1.54, 1.807) is 13.8 Å². The van der Waals surface area contributed by atoms with Crippen molar-refractivity contribution < 1.29 is 18.0 Å². The molecule has 1 aliphatic rings. The minimum absolute atomic E-state index is 0.0848. The maximum absolute atomic E-state index is 13.4. The molecule has 1 fully saturated rings. The molecule has 0 aromatic heterocycles. The van der Waals surface area contributed by atoms with Gasteiger partial charge in [-0.2, -0.15) is 0 Å². The monoisotopic (exact) mass is 286 g/mol. The molecule has 1 atom stereocenters. The Balaban J connectivity index is 2.32. The molecule has 1 heterocycles. The maximum Gasteiger partial charge on any atom is 0.262 e. The zero-order valence-corrected chi connectivity index (χ0v) is 11.3. The van der Waals surface area contributed by atoms with Crippen LogP contribution < -0.4 is 10.6 Å². The van der Waals surface area contributed by atoms with E-state index in [0.717, 1.165) is 12.1 Å². The molecule has 1 amide bonds. The molecule has 2 N–H and O–H groups in total. The number of hydrogen-bond donors (Lipinski definition) is 2. The summed E-state index contributed by atoms with van der Waals surface area (Å²) in [6, 6.07) is 2.84. The number of hydrogen-bond acceptors (Lipinski definition) is 2. The lowest BCUT2D eigenvalue weighted by Crippen LogP contribution is -2.31. The molecule has 1 aromatic rings. The lowest BCUT2D eigenvalue weighted by Gasteiger charge is -2.17. The summed E-state index contributed by atoms with van der Waals surface area (Å²) in [7, 11) is 0. The van der Waals surface area contributed by atoms with E-state index in [-0.39, 0.29) is 23.1 Å². The van der Waals surface area contributed by atoms with Crippen molar-refractivity contribution in [3.05, 3.63) is 35.1 Å². The van der Waals surface area contributed by atoms with Crippen molar-refractivity contribution in [2.75, 3.05) is 6.54 Å². The third-order valence-corrected chi connectivity index (χ3v) is 3.16. The second-order valence-electron chi connectivity index (χ2n) is 5.35. The van der Waals surface area contributed by atoms with E-state index >= 15 is 0 Å². The summed E-state index contributed by atoms with van der Waals surface area (Å²) in [4.78, 5) is 12.1. The number of amides is 1. The van der Waals surface area contributed by atoms with Gasteiger partial charge < -0.3 is 10.6 Å². The Hall–Kier alpha value is -1.56. The van der Waals surface area contributed by atoms with Crippen molar-refractivity contribution in [1.29, 1.82) is 0 Å². The standard InChI is InChI=1S/C14H17F3N2O/c1-8(2)19-13(20)10-4-3-9(15)5-11(10)12-6-14(16,17)7-18-12/h3-5,8,12,18H,6-7H2,1-2H3,(H,19,20). The number of nitrogens with one attached hydrogen (secondary N) is 2. The average molecular weight is 286 g/mol. The van der Waals surface area contributed by atoms with Gasteiger partial charge >= 0.3 is 0 Å². The van der Waals surface area contributed by atoms with Gasteiger partial charge in [0.2, 0.25) is 0 Å². The van der Waals surface area contributed by atoms with Crippen LogP contribution in [-0.2, 0) is 0 Å². The van der Waals surface area contributed by atoms with Gasteiger partial charge in [-0.3, -0.25) is 4.79 Å². The van der Waals surface area contributed by atoms with Crippen molar-refractivity contribution in [2.45, 2.75) is 38.3 Å². The largest absolute Gasteiger partial charge is 0.350 e. The fraction of sp³-hybridized carbons (Fsp3) is 0.500. The van der Waals surface area contributed by atoms with Gasteiger partial charge in [0, 0.05) is 24.1 Å². The molecule has 1 aromatic carbocycles. The first kappa shape index (κ1) is 14.8. The molecule has 6 heteroatoms. The minimum Gasteiger partial charge on any atom is -0.350 e. The molecule has 0 spiro atoms. The van der Waals surface area contributed by atoms with E-state index in [2.05, 4.69) is 10.6 Å². The molecule has 1 aliphatic heterocycles. The summed E-state index contributed by atoms with van der Waals surface area (Å²) < 4.78 is 39.9. The van der Waals surface area contributed by atoms with Gasteiger partial charge in [-0.05, 0) is 37.6 Å². The number of halogens is 3. The molecule has 0 bridgehead atoms. The molecule has 20 heavy (non-hydrogen) atoms. The first-order valence-corrected chi connectivity index (χ1v) is 6.50. The van der Waals surface area contributed by atoms with Crippen LogP contribution in [0.1, 0.15) is 42.2 Å². The summed E-state index contributed by atoms with van der Waals surface area (Å²) in [5.41, 5.74) is 0.510. The summed E-state index contributed by atoms with van der Waals surface area (Å²) in [5.74, 6) is -3.76. The third-order valence-electron chi connectivity index (χ3n) is 3.16. The van der Waals surface area contributed by atoms with Crippen LogP contribution in [0.2, 0.25) is 0 Å². The lowest BCUT2D eigenvalue weighted by molar-refractivity contribution is 0.0209. The zero-order valence-electron chi connectivity index (χ0n) is 11.3. The maximum atomic E-state index is 13.4. The van der Waals surface area contributed by atoms with Crippen molar-refractivity contribution in [3.8, 4) is 0 Å². The molecular weight excluding hydrogens is 269 g/mol. The molecule has 0 saturated carbocycles. The number of alkyl halides is 2. The van der Waals surface area contributed by atoms with Gasteiger partial charge in [-0.25, -0.2) is 13.2 Å². The van der Waals surface area contributed by atoms with Crippen LogP contribution in [-0.4, -0.2) is 24.4 Å². The van der Waals surface area contributed by atoms with Crippen LogP contribution in [0.25, 0.3) is 0 Å².